The Morgan fingerprint density at radius 1 is 1.38 bits per heavy atom. The maximum atomic E-state index is 5.58. The Morgan fingerprint density at radius 3 is 2.81 bits per heavy atom. The third kappa shape index (κ3) is 2.38. The smallest absolute Gasteiger partial charge is 0.200 e. The summed E-state index contributed by atoms with van der Waals surface area (Å²) in [7, 11) is 0. The van der Waals surface area contributed by atoms with E-state index in [-0.39, 0.29) is 0 Å². The van der Waals surface area contributed by atoms with E-state index >= 15 is 0 Å². The van der Waals surface area contributed by atoms with E-state index in [1.807, 2.05) is 31.2 Å². The molecule has 0 bridgehead atoms. The van der Waals surface area contributed by atoms with Gasteiger partial charge in [-0.05, 0) is 18.6 Å². The highest BCUT2D eigenvalue weighted by molar-refractivity contribution is 7.71. The predicted molar refractivity (Wildman–Crippen MR) is 68.3 cm³/mol. The van der Waals surface area contributed by atoms with Crippen molar-refractivity contribution < 1.29 is 0 Å². The number of anilines is 3. The first kappa shape index (κ1) is 10.6. The van der Waals surface area contributed by atoms with Crippen molar-refractivity contribution in [2.45, 2.75) is 6.92 Å². The Balaban J connectivity index is 2.34. The maximum Gasteiger partial charge on any atom is 0.200 e. The molecule has 2 aromatic rings. The Kier molecular flexibility index (Phi) is 2.87. The largest absolute Gasteiger partial charge is 0.369 e. The molecule has 0 radical (unpaired) electrons. The minimum Gasteiger partial charge on any atom is -0.369 e. The number of rotatable bonds is 2. The van der Waals surface area contributed by atoms with Crippen LogP contribution in [0.2, 0.25) is 0 Å². The van der Waals surface area contributed by atoms with Crippen molar-refractivity contribution in [3.05, 3.63) is 40.5 Å². The molecule has 4 nitrogen and oxygen atoms in total. The molecule has 0 fully saturated rings. The summed E-state index contributed by atoms with van der Waals surface area (Å²) in [5, 5.41) is 3.21. The van der Waals surface area contributed by atoms with Gasteiger partial charge in [0.25, 0.3) is 0 Å². The summed E-state index contributed by atoms with van der Waals surface area (Å²) in [6.45, 7) is 2.03. The number of nitrogens with two attached hydrogens (primary N) is 1. The molecule has 0 spiro atoms. The summed E-state index contributed by atoms with van der Waals surface area (Å²) in [4.78, 5) is 6.81. The van der Waals surface area contributed by atoms with E-state index in [2.05, 4.69) is 15.3 Å². The molecule has 2 rings (SSSR count). The van der Waals surface area contributed by atoms with Crippen LogP contribution in [0.15, 0.2) is 30.3 Å². The van der Waals surface area contributed by atoms with Crippen LogP contribution >= 0.6 is 12.2 Å². The second-order valence-electron chi connectivity index (χ2n) is 3.46. The van der Waals surface area contributed by atoms with Gasteiger partial charge in [-0.2, -0.15) is 0 Å². The highest BCUT2D eigenvalue weighted by Crippen LogP contribution is 2.18. The molecular formula is C11H12N4S. The second-order valence-corrected chi connectivity index (χ2v) is 3.88. The molecule has 5 heteroatoms. The van der Waals surface area contributed by atoms with Crippen LogP contribution in [-0.4, -0.2) is 9.97 Å². The molecule has 0 unspecified atom stereocenters. The van der Waals surface area contributed by atoms with Gasteiger partial charge in [0.1, 0.15) is 10.5 Å². The van der Waals surface area contributed by atoms with E-state index in [1.165, 1.54) is 0 Å². The first-order valence-corrected chi connectivity index (χ1v) is 5.25. The topological polar surface area (TPSA) is 66.7 Å². The number of H-pyrrole nitrogens is 1. The van der Waals surface area contributed by atoms with E-state index in [4.69, 9.17) is 18.0 Å². The standard InChI is InChI=1S/C11H12N4S/c1-7-4-2-3-5-8(7)13-9-6-10(16)15-11(12)14-9/h2-6H,1H3,(H4,12,13,14,15,16). The first-order valence-electron chi connectivity index (χ1n) is 4.84. The average molecular weight is 232 g/mol. The second kappa shape index (κ2) is 4.32. The molecule has 16 heavy (non-hydrogen) atoms. The summed E-state index contributed by atoms with van der Waals surface area (Å²) in [6, 6.07) is 9.71. The van der Waals surface area contributed by atoms with E-state index in [0.717, 1.165) is 17.1 Å². The SMILES string of the molecule is Cc1ccccc1Nc1cc(=S)nc(N)[nH]1. The number of hydrogen-bond acceptors (Lipinski definition) is 4. The number of benzene rings is 1. The van der Waals surface area contributed by atoms with Gasteiger partial charge < -0.3 is 16.0 Å². The molecule has 1 aromatic heterocycles. The molecule has 4 N–H and O–H groups in total. The number of aromatic nitrogens is 2. The average Bonchev–Trinajstić information content (AvgIpc) is 2.20. The number of para-hydroxylation sites is 1. The highest BCUT2D eigenvalue weighted by Gasteiger charge is 1.99. The number of nitrogen functional groups attached to an aromatic ring is 1. The summed E-state index contributed by atoms with van der Waals surface area (Å²) in [6.07, 6.45) is 0. The molecule has 0 aliphatic rings. The molecule has 1 heterocycles. The molecule has 0 aliphatic heterocycles. The number of nitrogens with zero attached hydrogens (tertiary/aromatic N) is 1. The van der Waals surface area contributed by atoms with Crippen molar-refractivity contribution in [1.29, 1.82) is 0 Å². The lowest BCUT2D eigenvalue weighted by molar-refractivity contribution is 1.17. The number of aromatic amines is 1. The third-order valence-corrected chi connectivity index (χ3v) is 2.38. The van der Waals surface area contributed by atoms with Gasteiger partial charge >= 0.3 is 0 Å². The molecule has 0 amide bonds. The zero-order valence-corrected chi connectivity index (χ0v) is 9.64. The zero-order chi connectivity index (χ0) is 11.5. The van der Waals surface area contributed by atoms with Gasteiger partial charge in [-0.25, -0.2) is 4.98 Å². The molecule has 0 saturated heterocycles. The Bertz CT molecular complexity index is 562. The van der Waals surface area contributed by atoms with Gasteiger partial charge in [-0.15, -0.1) is 0 Å². The Labute approximate surface area is 98.5 Å². The van der Waals surface area contributed by atoms with Gasteiger partial charge in [-0.1, -0.05) is 30.4 Å². The fourth-order valence-corrected chi connectivity index (χ4v) is 1.62. The Hall–Kier alpha value is -1.88. The maximum absolute atomic E-state index is 5.58. The molecule has 82 valence electrons. The van der Waals surface area contributed by atoms with E-state index in [1.54, 1.807) is 6.07 Å². The van der Waals surface area contributed by atoms with Crippen LogP contribution < -0.4 is 11.1 Å². The minimum atomic E-state index is 0.309. The van der Waals surface area contributed by atoms with Gasteiger partial charge in [-0.3, -0.25) is 0 Å². The van der Waals surface area contributed by atoms with Gasteiger partial charge in [0.2, 0.25) is 0 Å². The van der Waals surface area contributed by atoms with Crippen molar-refractivity contribution >= 4 is 29.7 Å². The normalized spacial score (nSPS) is 10.1. The van der Waals surface area contributed by atoms with Crippen molar-refractivity contribution in [3.8, 4) is 0 Å². The lowest BCUT2D eigenvalue weighted by atomic mass is 10.2. The van der Waals surface area contributed by atoms with Crippen molar-refractivity contribution in [2.75, 3.05) is 11.1 Å². The number of hydrogen-bond donors (Lipinski definition) is 3. The fraction of sp³-hybridized carbons (Fsp3) is 0.0909. The molecular weight excluding hydrogens is 220 g/mol. The Morgan fingerprint density at radius 2 is 2.12 bits per heavy atom. The van der Waals surface area contributed by atoms with Crippen LogP contribution in [0.25, 0.3) is 0 Å². The highest BCUT2D eigenvalue weighted by atomic mass is 32.1. The summed E-state index contributed by atoms with van der Waals surface area (Å²) < 4.78 is 0.465. The van der Waals surface area contributed by atoms with Crippen LogP contribution in [-0.2, 0) is 0 Å². The van der Waals surface area contributed by atoms with E-state index in [9.17, 15) is 0 Å². The summed E-state index contributed by atoms with van der Waals surface area (Å²) >= 11 is 4.99. The quantitative estimate of drug-likeness (QED) is 0.696. The lowest BCUT2D eigenvalue weighted by Gasteiger charge is -2.09. The third-order valence-electron chi connectivity index (χ3n) is 2.18. The molecule has 0 saturated carbocycles. The van der Waals surface area contributed by atoms with Crippen molar-refractivity contribution in [2.24, 2.45) is 0 Å². The van der Waals surface area contributed by atoms with Gasteiger partial charge in [0.15, 0.2) is 5.95 Å². The minimum absolute atomic E-state index is 0.309. The predicted octanol–water partition coefficient (Wildman–Crippen LogP) is 2.77. The molecule has 0 atom stereocenters. The summed E-state index contributed by atoms with van der Waals surface area (Å²) in [5.74, 6) is 1.05. The van der Waals surface area contributed by atoms with Gasteiger partial charge in [0, 0.05) is 11.8 Å². The number of nitrogens with one attached hydrogen (secondary N) is 2. The fourth-order valence-electron chi connectivity index (χ4n) is 1.40. The van der Waals surface area contributed by atoms with Crippen LogP contribution in [0.4, 0.5) is 17.5 Å². The zero-order valence-electron chi connectivity index (χ0n) is 8.82. The van der Waals surface area contributed by atoms with Crippen molar-refractivity contribution in [1.82, 2.24) is 9.97 Å². The van der Waals surface area contributed by atoms with Crippen molar-refractivity contribution in [3.63, 3.8) is 0 Å². The van der Waals surface area contributed by atoms with E-state index < -0.39 is 0 Å². The van der Waals surface area contributed by atoms with Crippen LogP contribution in [0, 0.1) is 11.6 Å². The number of aryl methyl sites for hydroxylation is 1. The first-order chi connectivity index (χ1) is 7.65. The monoisotopic (exact) mass is 232 g/mol. The lowest BCUT2D eigenvalue weighted by Crippen LogP contribution is -2.00. The summed E-state index contributed by atoms with van der Waals surface area (Å²) in [5.41, 5.74) is 7.74. The van der Waals surface area contributed by atoms with Gasteiger partial charge in [0.05, 0.1) is 0 Å². The molecule has 0 aliphatic carbocycles. The van der Waals surface area contributed by atoms with Crippen LogP contribution in [0.5, 0.6) is 0 Å². The van der Waals surface area contributed by atoms with Crippen LogP contribution in [0.1, 0.15) is 5.56 Å². The van der Waals surface area contributed by atoms with Crippen LogP contribution in [0.3, 0.4) is 0 Å². The van der Waals surface area contributed by atoms with E-state index in [0.29, 0.717) is 10.6 Å². The molecule has 1 aromatic carbocycles.